The van der Waals surface area contributed by atoms with Gasteiger partial charge in [-0.05, 0) is 46.2 Å². The highest BCUT2D eigenvalue weighted by Crippen LogP contribution is 2.19. The molecule has 0 aromatic heterocycles. The lowest BCUT2D eigenvalue weighted by molar-refractivity contribution is -0.121. The molecule has 4 rings (SSSR count). The van der Waals surface area contributed by atoms with Crippen molar-refractivity contribution in [3.05, 3.63) is 114 Å². The number of ether oxygens (including phenoxy) is 1. The summed E-state index contributed by atoms with van der Waals surface area (Å²) in [5.41, 5.74) is 7.52. The number of amides is 2. The van der Waals surface area contributed by atoms with Crippen LogP contribution in [0.25, 0.3) is 10.8 Å². The normalized spacial score (nSPS) is 10.5. The third-order valence-corrected chi connectivity index (χ3v) is 5.17. The van der Waals surface area contributed by atoms with Gasteiger partial charge in [0.1, 0.15) is 5.75 Å². The number of hydrogen-bond donors (Lipinski definition) is 2. The predicted octanol–water partition coefficient (Wildman–Crippen LogP) is 4.47. The van der Waals surface area contributed by atoms with E-state index >= 15 is 0 Å². The molecule has 0 saturated heterocycles. The van der Waals surface area contributed by atoms with Gasteiger partial charge in [-0.2, -0.15) is 0 Å². The van der Waals surface area contributed by atoms with E-state index in [-0.39, 0.29) is 18.2 Å². The van der Waals surface area contributed by atoms with Crippen molar-refractivity contribution in [1.82, 2.24) is 10.9 Å². The van der Waals surface area contributed by atoms with Crippen LogP contribution in [0.3, 0.4) is 0 Å². The molecule has 5 nitrogen and oxygen atoms in total. The third kappa shape index (κ3) is 5.52. The molecule has 0 heterocycles. The molecule has 5 heteroatoms. The molecule has 0 radical (unpaired) electrons. The van der Waals surface area contributed by atoms with Crippen molar-refractivity contribution in [2.24, 2.45) is 0 Å². The Morgan fingerprint density at radius 2 is 1.44 bits per heavy atom. The number of hydrogen-bond acceptors (Lipinski definition) is 3. The van der Waals surface area contributed by atoms with Crippen LogP contribution in [0.2, 0.25) is 0 Å². The van der Waals surface area contributed by atoms with Gasteiger partial charge < -0.3 is 4.74 Å². The van der Waals surface area contributed by atoms with Crippen LogP contribution >= 0.6 is 0 Å². The molecule has 0 aliphatic heterocycles. The average Bonchev–Trinajstić information content (AvgIpc) is 2.84. The van der Waals surface area contributed by atoms with Crippen molar-refractivity contribution in [3.8, 4) is 5.75 Å². The zero-order chi connectivity index (χ0) is 22.2. The van der Waals surface area contributed by atoms with Crippen LogP contribution in [0.15, 0.2) is 97.1 Å². The Balaban J connectivity index is 1.26. The third-order valence-electron chi connectivity index (χ3n) is 5.17. The van der Waals surface area contributed by atoms with Gasteiger partial charge >= 0.3 is 0 Å². The number of rotatable bonds is 7. The molecule has 0 atom stereocenters. The Kier molecular flexibility index (Phi) is 6.78. The molecule has 2 amide bonds. The summed E-state index contributed by atoms with van der Waals surface area (Å²) < 4.78 is 5.74. The fraction of sp³-hybridized carbons (Fsp3) is 0.111. The second-order valence-electron chi connectivity index (χ2n) is 7.43. The van der Waals surface area contributed by atoms with Crippen molar-refractivity contribution < 1.29 is 14.3 Å². The van der Waals surface area contributed by atoms with Gasteiger partial charge in [-0.3, -0.25) is 20.4 Å². The number of fused-ring (bicyclic) bond motifs is 1. The maximum Gasteiger partial charge on any atom is 0.269 e. The Bertz CT molecular complexity index is 1200. The van der Waals surface area contributed by atoms with Gasteiger partial charge in [-0.1, -0.05) is 72.8 Å². The van der Waals surface area contributed by atoms with Crippen molar-refractivity contribution in [2.75, 3.05) is 6.61 Å². The highest BCUT2D eigenvalue weighted by molar-refractivity contribution is 5.96. The average molecular weight is 425 g/mol. The van der Waals surface area contributed by atoms with Crippen molar-refractivity contribution in [3.63, 3.8) is 0 Å². The van der Waals surface area contributed by atoms with Gasteiger partial charge in [-0.15, -0.1) is 0 Å². The number of carbonyl (C=O) groups is 2. The first-order valence-electron chi connectivity index (χ1n) is 10.5. The molecule has 0 aliphatic carbocycles. The largest absolute Gasteiger partial charge is 0.493 e. The molecule has 4 aromatic carbocycles. The summed E-state index contributed by atoms with van der Waals surface area (Å²) in [6.07, 6.45) is 0.988. The summed E-state index contributed by atoms with van der Waals surface area (Å²) in [6, 6.07) is 30.7. The lowest BCUT2D eigenvalue weighted by Crippen LogP contribution is -2.42. The lowest BCUT2D eigenvalue weighted by Gasteiger charge is -2.10. The topological polar surface area (TPSA) is 67.4 Å². The van der Waals surface area contributed by atoms with Crippen LogP contribution in [0.5, 0.6) is 5.75 Å². The fourth-order valence-electron chi connectivity index (χ4n) is 3.50. The van der Waals surface area contributed by atoms with Gasteiger partial charge in [0.05, 0.1) is 13.0 Å². The molecule has 0 bridgehead atoms. The molecule has 0 spiro atoms. The molecule has 0 saturated carbocycles. The van der Waals surface area contributed by atoms with E-state index in [1.54, 1.807) is 24.3 Å². The van der Waals surface area contributed by atoms with E-state index in [9.17, 15) is 9.59 Å². The van der Waals surface area contributed by atoms with Crippen molar-refractivity contribution in [2.45, 2.75) is 12.8 Å². The second-order valence-corrected chi connectivity index (χ2v) is 7.43. The monoisotopic (exact) mass is 424 g/mol. The summed E-state index contributed by atoms with van der Waals surface area (Å²) in [5, 5.41) is 2.10. The first-order valence-corrected chi connectivity index (χ1v) is 10.5. The van der Waals surface area contributed by atoms with E-state index in [0.29, 0.717) is 17.9 Å². The molecule has 32 heavy (non-hydrogen) atoms. The molecule has 0 aliphatic rings. The number of nitrogens with one attached hydrogen (secondary N) is 2. The minimum Gasteiger partial charge on any atom is -0.493 e. The standard InChI is InChI=1S/C27H24N2O3/c30-26(19-23-11-6-10-21-9-4-5-12-25(21)23)28-29-27(31)22-13-15-24(16-14-22)32-18-17-20-7-2-1-3-8-20/h1-16H,17-19H2,(H,28,30)(H,29,31). The van der Waals surface area contributed by atoms with Crippen LogP contribution in [0.4, 0.5) is 0 Å². The highest BCUT2D eigenvalue weighted by Gasteiger charge is 2.10. The van der Waals surface area contributed by atoms with Gasteiger partial charge in [0, 0.05) is 12.0 Å². The molecule has 0 unspecified atom stereocenters. The summed E-state index contributed by atoms with van der Waals surface area (Å²) in [6.45, 7) is 0.555. The molecule has 160 valence electrons. The van der Waals surface area contributed by atoms with Crippen LogP contribution in [0, 0.1) is 0 Å². The van der Waals surface area contributed by atoms with Crippen molar-refractivity contribution in [1.29, 1.82) is 0 Å². The van der Waals surface area contributed by atoms with Gasteiger partial charge in [0.25, 0.3) is 5.91 Å². The molecular formula is C27H24N2O3. The Morgan fingerprint density at radius 3 is 2.25 bits per heavy atom. The first-order chi connectivity index (χ1) is 15.7. The van der Waals surface area contributed by atoms with Gasteiger partial charge in [0.15, 0.2) is 0 Å². The van der Waals surface area contributed by atoms with Crippen LogP contribution in [0.1, 0.15) is 21.5 Å². The SMILES string of the molecule is O=C(Cc1cccc2ccccc12)NNC(=O)c1ccc(OCCc2ccccc2)cc1. The minimum atomic E-state index is -0.382. The summed E-state index contributed by atoms with van der Waals surface area (Å²) in [7, 11) is 0. The molecule has 4 aromatic rings. The van der Waals surface area contributed by atoms with Crippen LogP contribution in [-0.2, 0) is 17.6 Å². The molecule has 2 N–H and O–H groups in total. The highest BCUT2D eigenvalue weighted by atomic mass is 16.5. The lowest BCUT2D eigenvalue weighted by atomic mass is 10.0. The zero-order valence-corrected chi connectivity index (χ0v) is 17.6. The van der Waals surface area contributed by atoms with E-state index in [1.165, 1.54) is 5.56 Å². The number of carbonyl (C=O) groups excluding carboxylic acids is 2. The second kappa shape index (κ2) is 10.3. The minimum absolute atomic E-state index is 0.176. The van der Waals surface area contributed by atoms with E-state index in [1.807, 2.05) is 60.7 Å². The van der Waals surface area contributed by atoms with Crippen molar-refractivity contribution >= 4 is 22.6 Å². The van der Waals surface area contributed by atoms with Crippen LogP contribution in [-0.4, -0.2) is 18.4 Å². The fourth-order valence-corrected chi connectivity index (χ4v) is 3.50. The van der Waals surface area contributed by atoms with Gasteiger partial charge in [-0.25, -0.2) is 0 Å². The first kappa shape index (κ1) is 21.1. The Hall–Kier alpha value is -4.12. The van der Waals surface area contributed by atoms with E-state index in [2.05, 4.69) is 23.0 Å². The number of benzene rings is 4. The van der Waals surface area contributed by atoms with E-state index in [0.717, 1.165) is 22.8 Å². The summed E-state index contributed by atoms with van der Waals surface area (Å²) in [5.74, 6) is 0.0279. The van der Waals surface area contributed by atoms with Crippen LogP contribution < -0.4 is 15.6 Å². The maximum absolute atomic E-state index is 12.4. The smallest absolute Gasteiger partial charge is 0.269 e. The maximum atomic E-state index is 12.4. The summed E-state index contributed by atoms with van der Waals surface area (Å²) >= 11 is 0. The predicted molar refractivity (Wildman–Crippen MR) is 125 cm³/mol. The van der Waals surface area contributed by atoms with E-state index < -0.39 is 0 Å². The molecule has 0 fully saturated rings. The zero-order valence-electron chi connectivity index (χ0n) is 17.6. The molecular weight excluding hydrogens is 400 g/mol. The quantitative estimate of drug-likeness (QED) is 0.430. The van der Waals surface area contributed by atoms with E-state index in [4.69, 9.17) is 4.74 Å². The number of hydrazine groups is 1. The summed E-state index contributed by atoms with van der Waals surface area (Å²) in [4.78, 5) is 24.7. The Morgan fingerprint density at radius 1 is 0.719 bits per heavy atom. The van der Waals surface area contributed by atoms with Gasteiger partial charge in [0.2, 0.25) is 5.91 Å². The Labute approximate surface area is 187 Å².